The van der Waals surface area contributed by atoms with Crippen LogP contribution in [0.2, 0.25) is 0 Å². The fraction of sp³-hybridized carbons (Fsp3) is 0.188. The zero-order chi connectivity index (χ0) is 28.8. The fourth-order valence-electron chi connectivity index (χ4n) is 4.27. The number of anilines is 2. The summed E-state index contributed by atoms with van der Waals surface area (Å²) in [6.45, 7) is 8.62. The second kappa shape index (κ2) is 13.2. The summed E-state index contributed by atoms with van der Waals surface area (Å²) in [4.78, 5) is 26.1. The minimum absolute atomic E-state index is 0.241. The number of ether oxygens (including phenoxy) is 2. The molecule has 0 atom stereocenters. The molecule has 0 bridgehead atoms. The van der Waals surface area contributed by atoms with Crippen LogP contribution >= 0.6 is 31.9 Å². The number of aryl methyl sites for hydroxylation is 2. The number of halogens is 2. The van der Waals surface area contributed by atoms with Crippen LogP contribution in [0.1, 0.15) is 45.7 Å². The van der Waals surface area contributed by atoms with Gasteiger partial charge in [0.25, 0.3) is 11.8 Å². The first-order valence-electron chi connectivity index (χ1n) is 12.9. The zero-order valence-corrected chi connectivity index (χ0v) is 25.9. The van der Waals surface area contributed by atoms with Crippen molar-refractivity contribution in [3.05, 3.63) is 104 Å². The molecule has 0 fully saturated rings. The molecule has 0 spiro atoms. The van der Waals surface area contributed by atoms with Gasteiger partial charge >= 0.3 is 0 Å². The van der Waals surface area contributed by atoms with Crippen molar-refractivity contribution in [2.75, 3.05) is 23.8 Å². The molecule has 8 heteroatoms. The van der Waals surface area contributed by atoms with E-state index in [0.29, 0.717) is 35.8 Å². The summed E-state index contributed by atoms with van der Waals surface area (Å²) in [6, 6.07) is 22.6. The average Bonchev–Trinajstić information content (AvgIpc) is 2.93. The molecule has 0 aliphatic heterocycles. The normalized spacial score (nSPS) is 10.7. The first-order chi connectivity index (χ1) is 19.2. The quantitative estimate of drug-likeness (QED) is 0.187. The van der Waals surface area contributed by atoms with Gasteiger partial charge in [-0.05, 0) is 111 Å². The van der Waals surface area contributed by atoms with Gasteiger partial charge in [-0.15, -0.1) is 0 Å². The molecule has 40 heavy (non-hydrogen) atoms. The summed E-state index contributed by atoms with van der Waals surface area (Å²) in [5, 5.41) is 6.01. The van der Waals surface area contributed by atoms with E-state index in [2.05, 4.69) is 42.5 Å². The number of carbonyl (C=O) groups is 2. The van der Waals surface area contributed by atoms with E-state index in [4.69, 9.17) is 9.47 Å². The van der Waals surface area contributed by atoms with Gasteiger partial charge in [0.2, 0.25) is 0 Å². The van der Waals surface area contributed by atoms with E-state index in [-0.39, 0.29) is 11.8 Å². The lowest BCUT2D eigenvalue weighted by Crippen LogP contribution is -2.15. The molecular formula is C32H30Br2N2O4. The van der Waals surface area contributed by atoms with E-state index < -0.39 is 0 Å². The van der Waals surface area contributed by atoms with Crippen molar-refractivity contribution < 1.29 is 19.1 Å². The van der Waals surface area contributed by atoms with Crippen molar-refractivity contribution in [3.8, 4) is 22.6 Å². The number of benzene rings is 4. The van der Waals surface area contributed by atoms with Gasteiger partial charge < -0.3 is 20.1 Å². The number of carbonyl (C=O) groups excluding carboxylic acids is 2. The Morgan fingerprint density at radius 1 is 0.625 bits per heavy atom. The number of nitrogens with one attached hydrogen (secondary N) is 2. The van der Waals surface area contributed by atoms with Gasteiger partial charge in [-0.3, -0.25) is 9.59 Å². The molecule has 0 unspecified atom stereocenters. The SMILES string of the molecule is CCOc1ccc(Br)cc1C(=O)Nc1ccc(-c2ccc(NC(=O)c3cc(Br)ccc3OCC)c(C)c2)cc1C. The highest BCUT2D eigenvalue weighted by atomic mass is 79.9. The highest BCUT2D eigenvalue weighted by Crippen LogP contribution is 2.31. The Morgan fingerprint density at radius 3 is 1.38 bits per heavy atom. The van der Waals surface area contributed by atoms with Gasteiger partial charge in [-0.1, -0.05) is 44.0 Å². The summed E-state index contributed by atoms with van der Waals surface area (Å²) >= 11 is 6.87. The fourth-order valence-corrected chi connectivity index (χ4v) is 4.99. The van der Waals surface area contributed by atoms with Crippen LogP contribution in [-0.4, -0.2) is 25.0 Å². The number of hydrogen-bond acceptors (Lipinski definition) is 4. The van der Waals surface area contributed by atoms with Gasteiger partial charge in [0, 0.05) is 20.3 Å². The molecule has 2 N–H and O–H groups in total. The highest BCUT2D eigenvalue weighted by Gasteiger charge is 2.17. The van der Waals surface area contributed by atoms with Crippen molar-refractivity contribution >= 4 is 55.0 Å². The van der Waals surface area contributed by atoms with Crippen molar-refractivity contribution in [1.29, 1.82) is 0 Å². The van der Waals surface area contributed by atoms with Gasteiger partial charge in [-0.25, -0.2) is 0 Å². The minimum atomic E-state index is -0.241. The minimum Gasteiger partial charge on any atom is -0.493 e. The molecule has 0 heterocycles. The first kappa shape index (κ1) is 29.4. The van der Waals surface area contributed by atoms with E-state index in [1.807, 2.05) is 76.2 Å². The molecule has 0 aromatic heterocycles. The number of amides is 2. The Bertz CT molecular complexity index is 1450. The summed E-state index contributed by atoms with van der Waals surface area (Å²) in [5.41, 5.74) is 6.21. The van der Waals surface area contributed by atoms with Crippen LogP contribution in [0.25, 0.3) is 11.1 Å². The highest BCUT2D eigenvalue weighted by molar-refractivity contribution is 9.10. The molecule has 0 aliphatic carbocycles. The molecule has 0 saturated heterocycles. The number of hydrogen-bond donors (Lipinski definition) is 2. The van der Waals surface area contributed by atoms with Crippen LogP contribution in [0.15, 0.2) is 81.7 Å². The summed E-state index contributed by atoms with van der Waals surface area (Å²) < 4.78 is 12.9. The molecule has 0 saturated carbocycles. The topological polar surface area (TPSA) is 76.7 Å². The lowest BCUT2D eigenvalue weighted by Gasteiger charge is -2.15. The third-order valence-corrected chi connectivity index (χ3v) is 7.24. The van der Waals surface area contributed by atoms with Gasteiger partial charge in [0.05, 0.1) is 24.3 Å². The summed E-state index contributed by atoms with van der Waals surface area (Å²) in [7, 11) is 0. The predicted octanol–water partition coefficient (Wildman–Crippen LogP) is 8.80. The van der Waals surface area contributed by atoms with Crippen molar-refractivity contribution in [1.82, 2.24) is 0 Å². The second-order valence-electron chi connectivity index (χ2n) is 9.11. The molecule has 4 aromatic rings. The Kier molecular flexibility index (Phi) is 9.66. The second-order valence-corrected chi connectivity index (χ2v) is 10.9. The third kappa shape index (κ3) is 6.92. The van der Waals surface area contributed by atoms with Gasteiger partial charge in [0.15, 0.2) is 0 Å². The average molecular weight is 666 g/mol. The van der Waals surface area contributed by atoms with E-state index in [1.165, 1.54) is 0 Å². The van der Waals surface area contributed by atoms with Crippen molar-refractivity contribution in [3.63, 3.8) is 0 Å². The van der Waals surface area contributed by atoms with Gasteiger partial charge in [0.1, 0.15) is 11.5 Å². The van der Waals surface area contributed by atoms with E-state index in [0.717, 1.165) is 42.6 Å². The number of rotatable bonds is 9. The molecule has 206 valence electrons. The third-order valence-electron chi connectivity index (χ3n) is 6.25. The maximum atomic E-state index is 13.1. The van der Waals surface area contributed by atoms with E-state index in [1.54, 1.807) is 24.3 Å². The van der Waals surface area contributed by atoms with Crippen LogP contribution < -0.4 is 20.1 Å². The van der Waals surface area contributed by atoms with Crippen LogP contribution in [0, 0.1) is 13.8 Å². The molecule has 2 amide bonds. The van der Waals surface area contributed by atoms with Crippen LogP contribution in [0.5, 0.6) is 11.5 Å². The van der Waals surface area contributed by atoms with Crippen molar-refractivity contribution in [2.45, 2.75) is 27.7 Å². The lowest BCUT2D eigenvalue weighted by molar-refractivity contribution is 0.101. The Balaban J connectivity index is 1.51. The van der Waals surface area contributed by atoms with Crippen molar-refractivity contribution in [2.24, 2.45) is 0 Å². The Hall–Kier alpha value is -3.62. The van der Waals surface area contributed by atoms with E-state index >= 15 is 0 Å². The molecule has 0 radical (unpaired) electrons. The van der Waals surface area contributed by atoms with Crippen LogP contribution in [0.4, 0.5) is 11.4 Å². The lowest BCUT2D eigenvalue weighted by atomic mass is 9.99. The standard InChI is InChI=1S/C32H30Br2N2O4/c1-5-39-29-13-9-23(33)17-25(29)31(37)35-27-11-7-21(15-19(27)3)22-8-12-28(20(4)16-22)36-32(38)26-18-24(34)10-14-30(26)40-6-2/h7-18H,5-6H2,1-4H3,(H,35,37)(H,36,38). The molecule has 4 rings (SSSR count). The molecule has 0 aliphatic rings. The maximum absolute atomic E-state index is 13.1. The molecule has 6 nitrogen and oxygen atoms in total. The van der Waals surface area contributed by atoms with E-state index in [9.17, 15) is 9.59 Å². The zero-order valence-electron chi connectivity index (χ0n) is 22.7. The summed E-state index contributed by atoms with van der Waals surface area (Å²) in [6.07, 6.45) is 0. The van der Waals surface area contributed by atoms with Crippen LogP contribution in [0.3, 0.4) is 0 Å². The Morgan fingerprint density at radius 2 is 1.02 bits per heavy atom. The molecule has 4 aromatic carbocycles. The largest absolute Gasteiger partial charge is 0.493 e. The first-order valence-corrected chi connectivity index (χ1v) is 14.5. The summed E-state index contributed by atoms with van der Waals surface area (Å²) in [5.74, 6) is 0.590. The maximum Gasteiger partial charge on any atom is 0.259 e. The smallest absolute Gasteiger partial charge is 0.259 e. The van der Waals surface area contributed by atoms with Gasteiger partial charge in [-0.2, -0.15) is 0 Å². The van der Waals surface area contributed by atoms with Crippen LogP contribution in [-0.2, 0) is 0 Å². The monoisotopic (exact) mass is 664 g/mol. The molecular weight excluding hydrogens is 636 g/mol. The predicted molar refractivity (Wildman–Crippen MR) is 168 cm³/mol. The Labute approximate surface area is 251 Å².